The van der Waals surface area contributed by atoms with Gasteiger partial charge in [0.15, 0.2) is 0 Å². The van der Waals surface area contributed by atoms with E-state index in [4.69, 9.17) is 4.74 Å². The Labute approximate surface area is 185 Å². The van der Waals surface area contributed by atoms with Crippen LogP contribution in [0.3, 0.4) is 0 Å². The van der Waals surface area contributed by atoms with Gasteiger partial charge in [-0.2, -0.15) is 0 Å². The van der Waals surface area contributed by atoms with Crippen LogP contribution in [0.25, 0.3) is 0 Å². The minimum atomic E-state index is 0.354. The van der Waals surface area contributed by atoms with Gasteiger partial charge in [-0.3, -0.25) is 9.69 Å². The largest absolute Gasteiger partial charge is 0.457 e. The lowest BCUT2D eigenvalue weighted by molar-refractivity contribution is 0.112. The topological polar surface area (TPSA) is 32.8 Å². The third kappa shape index (κ3) is 4.80. The highest BCUT2D eigenvalue weighted by Gasteiger charge is 2.24. The lowest BCUT2D eigenvalue weighted by Gasteiger charge is -2.40. The minimum Gasteiger partial charge on any atom is -0.457 e. The van der Waals surface area contributed by atoms with Gasteiger partial charge < -0.3 is 9.64 Å². The number of benzene rings is 3. The quantitative estimate of drug-likeness (QED) is 0.478. The van der Waals surface area contributed by atoms with E-state index >= 15 is 0 Å². The molecule has 0 spiro atoms. The van der Waals surface area contributed by atoms with Crippen molar-refractivity contribution in [3.8, 4) is 11.5 Å². The Balaban J connectivity index is 1.38. The van der Waals surface area contributed by atoms with E-state index < -0.39 is 0 Å². The van der Waals surface area contributed by atoms with Gasteiger partial charge in [-0.15, -0.1) is 0 Å². The molecule has 1 aliphatic heterocycles. The molecule has 1 fully saturated rings. The summed E-state index contributed by atoms with van der Waals surface area (Å²) in [7, 11) is 0. The van der Waals surface area contributed by atoms with Crippen LogP contribution in [0, 0.1) is 13.8 Å². The van der Waals surface area contributed by atoms with Gasteiger partial charge in [0.1, 0.15) is 17.8 Å². The molecule has 1 saturated heterocycles. The van der Waals surface area contributed by atoms with Crippen molar-refractivity contribution in [3.63, 3.8) is 0 Å². The van der Waals surface area contributed by atoms with Crippen LogP contribution < -0.4 is 9.64 Å². The van der Waals surface area contributed by atoms with Crippen molar-refractivity contribution in [1.29, 1.82) is 0 Å². The van der Waals surface area contributed by atoms with Crippen molar-refractivity contribution in [2.45, 2.75) is 26.8 Å². The highest BCUT2D eigenvalue weighted by Crippen LogP contribution is 2.30. The van der Waals surface area contributed by atoms with Crippen LogP contribution in [0.5, 0.6) is 11.5 Å². The molecule has 3 aromatic rings. The summed E-state index contributed by atoms with van der Waals surface area (Å²) in [4.78, 5) is 16.1. The maximum Gasteiger partial charge on any atom is 0.150 e. The van der Waals surface area contributed by atoms with E-state index in [2.05, 4.69) is 54.8 Å². The second kappa shape index (κ2) is 9.36. The second-order valence-corrected chi connectivity index (χ2v) is 8.30. The predicted octanol–water partition coefficient (Wildman–Crippen LogP) is 5.79. The Morgan fingerprint density at radius 1 is 0.839 bits per heavy atom. The summed E-state index contributed by atoms with van der Waals surface area (Å²) in [6, 6.07) is 22.6. The van der Waals surface area contributed by atoms with Gasteiger partial charge in [0.2, 0.25) is 0 Å². The van der Waals surface area contributed by atoms with Gasteiger partial charge in [-0.25, -0.2) is 0 Å². The van der Waals surface area contributed by atoms with E-state index in [1.807, 2.05) is 42.5 Å². The summed E-state index contributed by atoms with van der Waals surface area (Å²) in [5, 5.41) is 0. The van der Waals surface area contributed by atoms with Crippen molar-refractivity contribution >= 4 is 12.0 Å². The number of piperazine rings is 1. The number of anilines is 1. The first-order chi connectivity index (χ1) is 15.0. The van der Waals surface area contributed by atoms with Gasteiger partial charge >= 0.3 is 0 Å². The molecule has 1 atom stereocenters. The zero-order valence-corrected chi connectivity index (χ0v) is 18.5. The first kappa shape index (κ1) is 21.1. The monoisotopic (exact) mass is 414 g/mol. The molecule has 0 N–H and O–H groups in total. The van der Waals surface area contributed by atoms with E-state index in [0.29, 0.717) is 6.04 Å². The minimum absolute atomic E-state index is 0.354. The number of carbonyl (C=O) groups excluding carboxylic acids is 1. The van der Waals surface area contributed by atoms with Crippen LogP contribution in [0.15, 0.2) is 66.7 Å². The molecule has 0 aliphatic carbocycles. The van der Waals surface area contributed by atoms with Crippen molar-refractivity contribution in [3.05, 3.63) is 89.0 Å². The van der Waals surface area contributed by atoms with Crippen LogP contribution >= 0.6 is 0 Å². The van der Waals surface area contributed by atoms with Crippen LogP contribution in [-0.4, -0.2) is 37.4 Å². The van der Waals surface area contributed by atoms with Gasteiger partial charge in [0, 0.05) is 43.5 Å². The predicted molar refractivity (Wildman–Crippen MR) is 126 cm³/mol. The normalized spacial score (nSPS) is 15.5. The Morgan fingerprint density at radius 2 is 1.42 bits per heavy atom. The molecular weight excluding hydrogens is 384 g/mol. The lowest BCUT2D eigenvalue weighted by atomic mass is 10.0. The molecule has 1 aliphatic rings. The average molecular weight is 415 g/mol. The van der Waals surface area contributed by atoms with Crippen molar-refractivity contribution in [1.82, 2.24) is 4.90 Å². The molecule has 31 heavy (non-hydrogen) atoms. The van der Waals surface area contributed by atoms with Crippen LogP contribution in [-0.2, 0) is 0 Å². The van der Waals surface area contributed by atoms with E-state index in [1.165, 1.54) is 22.4 Å². The summed E-state index contributed by atoms with van der Waals surface area (Å²) < 4.78 is 5.92. The van der Waals surface area contributed by atoms with Crippen molar-refractivity contribution in [2.24, 2.45) is 0 Å². The molecule has 0 saturated carbocycles. The maximum absolute atomic E-state index is 11.1. The number of para-hydroxylation sites is 1. The van der Waals surface area contributed by atoms with E-state index in [-0.39, 0.29) is 0 Å². The number of carbonyl (C=O) groups is 1. The van der Waals surface area contributed by atoms with Gasteiger partial charge in [0.05, 0.1) is 0 Å². The highest BCUT2D eigenvalue weighted by atomic mass is 16.5. The van der Waals surface area contributed by atoms with Crippen LogP contribution in [0.4, 0.5) is 5.69 Å². The molecule has 1 unspecified atom stereocenters. The Kier molecular flexibility index (Phi) is 6.38. The summed E-state index contributed by atoms with van der Waals surface area (Å²) in [5.41, 5.74) is 5.69. The molecule has 4 nitrogen and oxygen atoms in total. The molecule has 0 radical (unpaired) electrons. The summed E-state index contributed by atoms with van der Waals surface area (Å²) in [6.07, 6.45) is 0.930. The van der Waals surface area contributed by atoms with Gasteiger partial charge in [-0.05, 0) is 73.9 Å². The van der Waals surface area contributed by atoms with Gasteiger partial charge in [0.25, 0.3) is 0 Å². The average Bonchev–Trinajstić information content (AvgIpc) is 2.80. The molecule has 160 valence electrons. The first-order valence-electron chi connectivity index (χ1n) is 10.9. The van der Waals surface area contributed by atoms with Crippen molar-refractivity contribution in [2.75, 3.05) is 31.1 Å². The highest BCUT2D eigenvalue weighted by molar-refractivity contribution is 5.78. The SMILES string of the molecule is Cc1cc(C=O)cc(C)c1N1CCN(C(C)c2ccc(Oc3ccccc3)cc2)CC1. The number of ether oxygens (including phenoxy) is 1. The molecule has 4 rings (SSSR count). The molecule has 4 heteroatoms. The number of hydrogen-bond donors (Lipinski definition) is 0. The number of aryl methyl sites for hydroxylation is 2. The Morgan fingerprint density at radius 3 is 2.00 bits per heavy atom. The zero-order valence-electron chi connectivity index (χ0n) is 18.5. The number of hydrogen-bond acceptors (Lipinski definition) is 4. The van der Waals surface area contributed by atoms with Crippen LogP contribution in [0.2, 0.25) is 0 Å². The molecule has 3 aromatic carbocycles. The fourth-order valence-electron chi connectivity index (χ4n) is 4.54. The third-order valence-electron chi connectivity index (χ3n) is 6.17. The second-order valence-electron chi connectivity index (χ2n) is 8.30. The fraction of sp³-hybridized carbons (Fsp3) is 0.296. The van der Waals surface area contributed by atoms with Crippen LogP contribution in [0.1, 0.15) is 40.0 Å². The third-order valence-corrected chi connectivity index (χ3v) is 6.17. The molecular formula is C27H30N2O2. The van der Waals surface area contributed by atoms with Crippen molar-refractivity contribution < 1.29 is 9.53 Å². The molecule has 0 bridgehead atoms. The van der Waals surface area contributed by atoms with E-state index in [0.717, 1.165) is 49.5 Å². The molecule has 0 aromatic heterocycles. The Bertz CT molecular complexity index is 1000. The maximum atomic E-state index is 11.1. The Hall–Kier alpha value is -3.11. The summed E-state index contributed by atoms with van der Waals surface area (Å²) in [5.74, 6) is 1.71. The summed E-state index contributed by atoms with van der Waals surface area (Å²) in [6.45, 7) is 10.5. The first-order valence-corrected chi connectivity index (χ1v) is 10.9. The van der Waals surface area contributed by atoms with Gasteiger partial charge in [-0.1, -0.05) is 30.3 Å². The molecule has 0 amide bonds. The zero-order chi connectivity index (χ0) is 21.8. The smallest absolute Gasteiger partial charge is 0.150 e. The van der Waals surface area contributed by atoms with E-state index in [9.17, 15) is 4.79 Å². The lowest BCUT2D eigenvalue weighted by Crippen LogP contribution is -2.47. The summed E-state index contributed by atoms with van der Waals surface area (Å²) >= 11 is 0. The molecule has 1 heterocycles. The fourth-order valence-corrected chi connectivity index (χ4v) is 4.54. The van der Waals surface area contributed by atoms with E-state index in [1.54, 1.807) is 0 Å². The number of aldehydes is 1. The number of rotatable bonds is 6. The number of nitrogens with zero attached hydrogens (tertiary/aromatic N) is 2. The standard InChI is InChI=1S/C27H30N2O2/c1-20-17-23(19-30)18-21(2)27(20)29-15-13-28(14-16-29)22(3)24-9-11-26(12-10-24)31-25-7-5-4-6-8-25/h4-12,17-19,22H,13-16H2,1-3H3.